The van der Waals surface area contributed by atoms with E-state index in [0.29, 0.717) is 0 Å². The molecule has 17 heavy (non-hydrogen) atoms. The zero-order valence-corrected chi connectivity index (χ0v) is 11.8. The van der Waals surface area contributed by atoms with Crippen LogP contribution in [0.3, 0.4) is 0 Å². The largest absolute Gasteiger partial charge is 0.381 e. The van der Waals surface area contributed by atoms with E-state index in [1.54, 1.807) is 11.3 Å². The van der Waals surface area contributed by atoms with Gasteiger partial charge in [-0.25, -0.2) is 4.98 Å². The highest BCUT2D eigenvalue weighted by atomic mass is 32.1. The maximum absolute atomic E-state index is 6.50. The van der Waals surface area contributed by atoms with Crippen LogP contribution < -0.4 is 5.73 Å². The van der Waals surface area contributed by atoms with Crippen molar-refractivity contribution >= 4 is 11.3 Å². The Morgan fingerprint density at radius 2 is 2.12 bits per heavy atom. The summed E-state index contributed by atoms with van der Waals surface area (Å²) >= 11 is 1.70. The van der Waals surface area contributed by atoms with Crippen molar-refractivity contribution < 1.29 is 4.74 Å². The Morgan fingerprint density at radius 1 is 1.35 bits per heavy atom. The third-order valence-electron chi connectivity index (χ3n) is 3.30. The summed E-state index contributed by atoms with van der Waals surface area (Å²) in [5.41, 5.74) is 7.48. The summed E-state index contributed by atoms with van der Waals surface area (Å²) in [7, 11) is 0. The Labute approximate surface area is 107 Å². The van der Waals surface area contributed by atoms with Crippen LogP contribution in [0.25, 0.3) is 0 Å². The molecule has 1 aliphatic rings. The van der Waals surface area contributed by atoms with E-state index < -0.39 is 0 Å². The summed E-state index contributed by atoms with van der Waals surface area (Å²) in [4.78, 5) is 4.76. The molecule has 2 rings (SSSR count). The van der Waals surface area contributed by atoms with Crippen LogP contribution in [0.2, 0.25) is 0 Å². The molecule has 0 radical (unpaired) electrons. The molecule has 0 bridgehead atoms. The molecule has 1 unspecified atom stereocenters. The average molecular weight is 254 g/mol. The van der Waals surface area contributed by atoms with Gasteiger partial charge in [0.25, 0.3) is 0 Å². The first kappa shape index (κ1) is 13.0. The molecular weight excluding hydrogens is 232 g/mol. The summed E-state index contributed by atoms with van der Waals surface area (Å²) in [6.07, 6.45) is 2.88. The highest BCUT2D eigenvalue weighted by Crippen LogP contribution is 2.34. The summed E-state index contributed by atoms with van der Waals surface area (Å²) in [5, 5.41) is 3.23. The molecule has 2 N–H and O–H groups in total. The van der Waals surface area contributed by atoms with Gasteiger partial charge >= 0.3 is 0 Å². The van der Waals surface area contributed by atoms with Crippen LogP contribution >= 0.6 is 11.3 Å². The van der Waals surface area contributed by atoms with Gasteiger partial charge < -0.3 is 10.5 Å². The standard InChI is InChI=1S/C13H22N2OS/c1-12(2,3)10-9-17-11(15-10)13(14)5-4-7-16-8-6-13/h9H,4-8,14H2,1-3H3. The molecule has 1 aliphatic heterocycles. The molecule has 1 aromatic heterocycles. The Hall–Kier alpha value is -0.450. The third-order valence-corrected chi connectivity index (χ3v) is 4.36. The van der Waals surface area contributed by atoms with Crippen molar-refractivity contribution in [1.82, 2.24) is 4.98 Å². The number of aromatic nitrogens is 1. The molecule has 0 spiro atoms. The number of hydrogen-bond donors (Lipinski definition) is 1. The number of rotatable bonds is 1. The molecule has 96 valence electrons. The first-order valence-electron chi connectivity index (χ1n) is 6.25. The number of nitrogens with two attached hydrogens (primary N) is 1. The lowest BCUT2D eigenvalue weighted by molar-refractivity contribution is 0.139. The SMILES string of the molecule is CC(C)(C)c1csc(C2(N)CCCOCC2)n1. The van der Waals surface area contributed by atoms with E-state index in [1.807, 2.05) is 0 Å². The predicted molar refractivity (Wildman–Crippen MR) is 71.3 cm³/mol. The van der Waals surface area contributed by atoms with E-state index in [-0.39, 0.29) is 11.0 Å². The summed E-state index contributed by atoms with van der Waals surface area (Å²) in [5.74, 6) is 0. The molecule has 0 aromatic carbocycles. The van der Waals surface area contributed by atoms with E-state index in [2.05, 4.69) is 26.2 Å². The van der Waals surface area contributed by atoms with Crippen molar-refractivity contribution in [2.24, 2.45) is 5.73 Å². The highest BCUT2D eigenvalue weighted by Gasteiger charge is 2.32. The van der Waals surface area contributed by atoms with E-state index in [0.717, 1.165) is 43.2 Å². The number of hydrogen-bond acceptors (Lipinski definition) is 4. The van der Waals surface area contributed by atoms with Crippen LogP contribution in [-0.4, -0.2) is 18.2 Å². The van der Waals surface area contributed by atoms with Crippen LogP contribution in [0.5, 0.6) is 0 Å². The predicted octanol–water partition coefficient (Wildman–Crippen LogP) is 2.80. The second-order valence-electron chi connectivity index (χ2n) is 5.91. The first-order chi connectivity index (χ1) is 7.92. The Kier molecular flexibility index (Phi) is 3.57. The van der Waals surface area contributed by atoms with Crippen LogP contribution in [-0.2, 0) is 15.7 Å². The molecule has 4 heteroatoms. The number of thiazole rings is 1. The molecular formula is C13H22N2OS. The van der Waals surface area contributed by atoms with Gasteiger partial charge in [0, 0.05) is 24.0 Å². The fraction of sp³-hybridized carbons (Fsp3) is 0.769. The molecule has 1 fully saturated rings. The van der Waals surface area contributed by atoms with Crippen LogP contribution in [0.4, 0.5) is 0 Å². The van der Waals surface area contributed by atoms with Gasteiger partial charge in [-0.2, -0.15) is 0 Å². The van der Waals surface area contributed by atoms with Gasteiger partial charge in [0.2, 0.25) is 0 Å². The van der Waals surface area contributed by atoms with Gasteiger partial charge in [-0.3, -0.25) is 0 Å². The van der Waals surface area contributed by atoms with Crippen molar-refractivity contribution in [2.75, 3.05) is 13.2 Å². The zero-order valence-electron chi connectivity index (χ0n) is 11.0. The maximum atomic E-state index is 6.50. The zero-order chi connectivity index (χ0) is 12.5. The van der Waals surface area contributed by atoms with E-state index in [9.17, 15) is 0 Å². The minimum atomic E-state index is -0.273. The van der Waals surface area contributed by atoms with Crippen molar-refractivity contribution in [3.8, 4) is 0 Å². The van der Waals surface area contributed by atoms with E-state index in [1.165, 1.54) is 0 Å². The Balaban J connectivity index is 2.23. The van der Waals surface area contributed by atoms with Gasteiger partial charge in [-0.1, -0.05) is 20.8 Å². The van der Waals surface area contributed by atoms with Gasteiger partial charge in [0.05, 0.1) is 11.2 Å². The van der Waals surface area contributed by atoms with Crippen molar-refractivity contribution in [3.05, 3.63) is 16.1 Å². The summed E-state index contributed by atoms with van der Waals surface area (Å²) < 4.78 is 5.48. The average Bonchev–Trinajstić information content (AvgIpc) is 2.64. The summed E-state index contributed by atoms with van der Waals surface area (Å²) in [6.45, 7) is 8.14. The topological polar surface area (TPSA) is 48.1 Å². The van der Waals surface area contributed by atoms with Gasteiger partial charge in [0.15, 0.2) is 0 Å². The molecule has 0 saturated carbocycles. The lowest BCUT2D eigenvalue weighted by Gasteiger charge is -2.25. The van der Waals surface area contributed by atoms with Crippen LogP contribution in [0, 0.1) is 0 Å². The van der Waals surface area contributed by atoms with Crippen molar-refractivity contribution in [1.29, 1.82) is 0 Å². The summed E-state index contributed by atoms with van der Waals surface area (Å²) in [6, 6.07) is 0. The number of nitrogens with zero attached hydrogens (tertiary/aromatic N) is 1. The Morgan fingerprint density at radius 3 is 2.76 bits per heavy atom. The molecule has 1 atom stereocenters. The first-order valence-corrected chi connectivity index (χ1v) is 7.13. The highest BCUT2D eigenvalue weighted by molar-refractivity contribution is 7.09. The minimum absolute atomic E-state index is 0.104. The third kappa shape index (κ3) is 2.87. The molecule has 0 aliphatic carbocycles. The van der Waals surface area contributed by atoms with Gasteiger partial charge in [0.1, 0.15) is 5.01 Å². The molecule has 3 nitrogen and oxygen atoms in total. The molecule has 2 heterocycles. The smallest absolute Gasteiger partial charge is 0.113 e. The van der Waals surface area contributed by atoms with E-state index in [4.69, 9.17) is 15.5 Å². The van der Waals surface area contributed by atoms with Crippen molar-refractivity contribution in [2.45, 2.75) is 51.0 Å². The van der Waals surface area contributed by atoms with E-state index >= 15 is 0 Å². The normalized spacial score (nSPS) is 26.8. The van der Waals surface area contributed by atoms with Crippen LogP contribution in [0.1, 0.15) is 50.7 Å². The van der Waals surface area contributed by atoms with Gasteiger partial charge in [-0.05, 0) is 19.3 Å². The van der Waals surface area contributed by atoms with Crippen LogP contribution in [0.15, 0.2) is 5.38 Å². The molecule has 1 saturated heterocycles. The monoisotopic (exact) mass is 254 g/mol. The Bertz CT molecular complexity index is 373. The van der Waals surface area contributed by atoms with Crippen molar-refractivity contribution in [3.63, 3.8) is 0 Å². The fourth-order valence-electron chi connectivity index (χ4n) is 2.03. The second kappa shape index (κ2) is 4.67. The molecule has 1 aromatic rings. The molecule has 0 amide bonds. The lowest BCUT2D eigenvalue weighted by atomic mass is 9.91. The fourth-order valence-corrected chi connectivity index (χ4v) is 3.25. The number of ether oxygens (including phenoxy) is 1. The quantitative estimate of drug-likeness (QED) is 0.838. The lowest BCUT2D eigenvalue weighted by Crippen LogP contribution is -2.37. The second-order valence-corrected chi connectivity index (χ2v) is 6.77. The minimum Gasteiger partial charge on any atom is -0.381 e. The maximum Gasteiger partial charge on any atom is 0.113 e. The van der Waals surface area contributed by atoms with Gasteiger partial charge in [-0.15, -0.1) is 11.3 Å².